The number of carbonyl (C=O) groups excluding carboxylic acids is 2. The van der Waals surface area contributed by atoms with Gasteiger partial charge in [0.15, 0.2) is 0 Å². The molecule has 1 N–H and O–H groups in total. The van der Waals surface area contributed by atoms with Crippen molar-refractivity contribution in [1.82, 2.24) is 14.9 Å². The lowest BCUT2D eigenvalue weighted by Crippen LogP contribution is -2.45. The van der Waals surface area contributed by atoms with Crippen molar-refractivity contribution in [2.24, 2.45) is 11.8 Å². The average Bonchev–Trinajstić information content (AvgIpc) is 2.87. The van der Waals surface area contributed by atoms with Crippen LogP contribution in [0.25, 0.3) is 11.4 Å². The summed E-state index contributed by atoms with van der Waals surface area (Å²) in [6, 6.07) is 7.28. The second kappa shape index (κ2) is 10.9. The molecule has 0 radical (unpaired) electrons. The molecule has 0 saturated heterocycles. The fourth-order valence-corrected chi connectivity index (χ4v) is 5.54. The van der Waals surface area contributed by atoms with E-state index in [-0.39, 0.29) is 29.2 Å². The molecule has 1 atom stereocenters. The van der Waals surface area contributed by atoms with E-state index in [2.05, 4.69) is 11.9 Å². The molecule has 1 aliphatic carbocycles. The second-order valence-corrected chi connectivity index (χ2v) is 10.1. The summed E-state index contributed by atoms with van der Waals surface area (Å²) in [5.74, 6) is 1.06. The van der Waals surface area contributed by atoms with E-state index in [1.165, 1.54) is 0 Å². The molecule has 1 aliphatic heterocycles. The first-order valence-corrected chi connectivity index (χ1v) is 13.0. The zero-order chi connectivity index (χ0) is 24.2. The topological polar surface area (TPSA) is 83.1 Å². The zero-order valence-electron chi connectivity index (χ0n) is 20.1. The van der Waals surface area contributed by atoms with E-state index in [0.717, 1.165) is 56.2 Å². The summed E-state index contributed by atoms with van der Waals surface area (Å²) < 4.78 is 0. The zero-order valence-corrected chi connectivity index (χ0v) is 20.9. The lowest BCUT2D eigenvalue weighted by molar-refractivity contribution is -0.139. The van der Waals surface area contributed by atoms with Crippen LogP contribution in [0.2, 0.25) is 5.02 Å². The number of carbonyl (C=O) groups is 2. The molecule has 0 bridgehead atoms. The number of fused-ring (bicyclic) bond motifs is 1. The fourth-order valence-electron chi connectivity index (χ4n) is 5.41. The van der Waals surface area contributed by atoms with Crippen molar-refractivity contribution < 1.29 is 9.59 Å². The Balaban J connectivity index is 1.57. The Morgan fingerprint density at radius 2 is 1.76 bits per heavy atom. The highest BCUT2D eigenvalue weighted by molar-refractivity contribution is 6.30. The van der Waals surface area contributed by atoms with Gasteiger partial charge < -0.3 is 9.88 Å². The molecule has 4 rings (SSSR count). The van der Waals surface area contributed by atoms with Crippen LogP contribution in [0.4, 0.5) is 0 Å². The molecule has 182 valence electrons. The lowest BCUT2D eigenvalue weighted by atomic mass is 9.78. The van der Waals surface area contributed by atoms with E-state index in [4.69, 9.17) is 16.6 Å². The van der Waals surface area contributed by atoms with Crippen LogP contribution in [-0.4, -0.2) is 33.1 Å². The fraction of sp³-hybridized carbons (Fsp3) is 0.556. The molecule has 2 heterocycles. The summed E-state index contributed by atoms with van der Waals surface area (Å²) in [5.41, 5.74) is 2.07. The van der Waals surface area contributed by atoms with Crippen LogP contribution in [0.5, 0.6) is 0 Å². The highest BCUT2D eigenvalue weighted by atomic mass is 35.5. The number of rotatable bonds is 7. The van der Waals surface area contributed by atoms with Gasteiger partial charge in [0.2, 0.25) is 5.91 Å². The number of ketones is 1. The van der Waals surface area contributed by atoms with E-state index in [1.54, 1.807) is 12.1 Å². The largest absolute Gasteiger partial charge is 0.337 e. The van der Waals surface area contributed by atoms with Gasteiger partial charge >= 0.3 is 0 Å². The smallest absolute Gasteiger partial charge is 0.256 e. The van der Waals surface area contributed by atoms with E-state index in [1.807, 2.05) is 24.0 Å². The summed E-state index contributed by atoms with van der Waals surface area (Å²) in [7, 11) is 0. The third-order valence-corrected chi connectivity index (χ3v) is 7.69. The molecule has 0 spiro atoms. The van der Waals surface area contributed by atoms with Gasteiger partial charge in [-0.2, -0.15) is 0 Å². The third-order valence-electron chi connectivity index (χ3n) is 7.44. The number of Topliss-reactive ketones (excluding diaryl/α,β-unsaturated/α-hetero) is 1. The predicted octanol–water partition coefficient (Wildman–Crippen LogP) is 5.49. The maximum atomic E-state index is 13.5. The Labute approximate surface area is 206 Å². The van der Waals surface area contributed by atoms with Crippen LogP contribution in [0.3, 0.4) is 0 Å². The van der Waals surface area contributed by atoms with Gasteiger partial charge in [-0.15, -0.1) is 0 Å². The van der Waals surface area contributed by atoms with Gasteiger partial charge in [-0.3, -0.25) is 14.4 Å². The number of aromatic amines is 1. The van der Waals surface area contributed by atoms with Gasteiger partial charge in [-0.05, 0) is 56.4 Å². The molecule has 2 aromatic rings. The van der Waals surface area contributed by atoms with Crippen LogP contribution in [0.1, 0.15) is 82.4 Å². The number of nitrogens with one attached hydrogen (secondary N) is 1. The molecule has 1 fully saturated rings. The molecule has 7 heteroatoms. The minimum Gasteiger partial charge on any atom is -0.337 e. The van der Waals surface area contributed by atoms with Gasteiger partial charge in [0.1, 0.15) is 11.6 Å². The van der Waals surface area contributed by atoms with Gasteiger partial charge in [0.05, 0.1) is 17.8 Å². The van der Waals surface area contributed by atoms with E-state index in [9.17, 15) is 14.4 Å². The van der Waals surface area contributed by atoms with Crippen LogP contribution in [0.15, 0.2) is 29.1 Å². The van der Waals surface area contributed by atoms with E-state index >= 15 is 0 Å². The molecule has 1 aromatic heterocycles. The molecule has 34 heavy (non-hydrogen) atoms. The van der Waals surface area contributed by atoms with Crippen LogP contribution >= 0.6 is 11.6 Å². The highest BCUT2D eigenvalue weighted by Crippen LogP contribution is 2.35. The molecular formula is C27H34ClN3O3. The maximum Gasteiger partial charge on any atom is 0.256 e. The molecule has 1 amide bonds. The van der Waals surface area contributed by atoms with Crippen molar-refractivity contribution >= 4 is 23.3 Å². The van der Waals surface area contributed by atoms with Crippen molar-refractivity contribution in [1.29, 1.82) is 0 Å². The van der Waals surface area contributed by atoms with Crippen molar-refractivity contribution in [3.63, 3.8) is 0 Å². The van der Waals surface area contributed by atoms with E-state index in [0.29, 0.717) is 41.7 Å². The monoisotopic (exact) mass is 483 g/mol. The Morgan fingerprint density at radius 1 is 1.09 bits per heavy atom. The molecule has 1 saturated carbocycles. The first-order valence-electron chi connectivity index (χ1n) is 12.6. The Morgan fingerprint density at radius 3 is 2.41 bits per heavy atom. The number of halogens is 1. The Kier molecular flexibility index (Phi) is 7.87. The van der Waals surface area contributed by atoms with Gasteiger partial charge in [0, 0.05) is 41.3 Å². The van der Waals surface area contributed by atoms with Gasteiger partial charge in [0.25, 0.3) is 5.56 Å². The normalized spacial score (nSPS) is 22.3. The minimum absolute atomic E-state index is 0.0407. The summed E-state index contributed by atoms with van der Waals surface area (Å²) in [6.45, 7) is 4.95. The molecular weight excluding hydrogens is 450 g/mol. The quantitative estimate of drug-likeness (QED) is 0.564. The number of benzene rings is 1. The van der Waals surface area contributed by atoms with Gasteiger partial charge in [-0.25, -0.2) is 4.98 Å². The molecule has 6 nitrogen and oxygen atoms in total. The SMILES string of the molecule is CCCCC1CN(C(=O)C2CCC(C(=O)CC)CC2)Cc2c1nc(-c1ccc(Cl)cc1)[nH]c2=O. The molecule has 1 unspecified atom stereocenters. The highest BCUT2D eigenvalue weighted by Gasteiger charge is 2.36. The van der Waals surface area contributed by atoms with Crippen LogP contribution in [-0.2, 0) is 16.1 Å². The first-order chi connectivity index (χ1) is 16.4. The Bertz CT molecular complexity index is 1090. The first kappa shape index (κ1) is 24.6. The van der Waals surface area contributed by atoms with Crippen LogP contribution in [0, 0.1) is 11.8 Å². The van der Waals surface area contributed by atoms with Crippen molar-refractivity contribution in [2.75, 3.05) is 6.54 Å². The lowest BCUT2D eigenvalue weighted by Gasteiger charge is -2.37. The number of unbranched alkanes of at least 4 members (excludes halogenated alkanes) is 1. The number of hydrogen-bond donors (Lipinski definition) is 1. The number of nitrogens with zero attached hydrogens (tertiary/aromatic N) is 2. The van der Waals surface area contributed by atoms with Crippen molar-refractivity contribution in [3.8, 4) is 11.4 Å². The van der Waals surface area contributed by atoms with E-state index < -0.39 is 0 Å². The molecule has 2 aliphatic rings. The van der Waals surface area contributed by atoms with Gasteiger partial charge in [-0.1, -0.05) is 38.3 Å². The Hall–Kier alpha value is -2.47. The third kappa shape index (κ3) is 5.27. The predicted molar refractivity (Wildman–Crippen MR) is 134 cm³/mol. The number of amides is 1. The molecule has 1 aromatic carbocycles. The maximum absolute atomic E-state index is 13.5. The van der Waals surface area contributed by atoms with Crippen molar-refractivity contribution in [3.05, 3.63) is 50.9 Å². The number of aromatic nitrogens is 2. The summed E-state index contributed by atoms with van der Waals surface area (Å²) in [6.07, 6.45) is 6.60. The second-order valence-electron chi connectivity index (χ2n) is 9.71. The van der Waals surface area contributed by atoms with Crippen molar-refractivity contribution in [2.45, 2.75) is 77.7 Å². The summed E-state index contributed by atoms with van der Waals surface area (Å²) >= 11 is 6.02. The minimum atomic E-state index is -0.175. The summed E-state index contributed by atoms with van der Waals surface area (Å²) in [4.78, 5) is 48.3. The average molecular weight is 484 g/mol. The number of H-pyrrole nitrogens is 1. The standard InChI is InChI=1S/C27H34ClN3O3/c1-3-5-6-20-15-31(27(34)19-9-7-17(8-10-19)23(32)4-2)16-22-24(20)29-25(30-26(22)33)18-11-13-21(28)14-12-18/h11-14,17,19-20H,3-10,15-16H2,1-2H3,(H,29,30,33). The van der Waals surface area contributed by atoms with Crippen LogP contribution < -0.4 is 5.56 Å². The summed E-state index contributed by atoms with van der Waals surface area (Å²) in [5, 5.41) is 0.632. The number of hydrogen-bond acceptors (Lipinski definition) is 4.